The highest BCUT2D eigenvalue weighted by Crippen LogP contribution is 2.52. The zero-order valence-corrected chi connectivity index (χ0v) is 16.7. The summed E-state index contributed by atoms with van der Waals surface area (Å²) >= 11 is 0. The first-order valence-corrected chi connectivity index (χ1v) is 9.19. The van der Waals surface area contributed by atoms with E-state index in [1.807, 2.05) is 0 Å². The average Bonchev–Trinajstić information content (AvgIpc) is 2.66. The van der Waals surface area contributed by atoms with Gasteiger partial charge in [-0.15, -0.1) is 0 Å². The Morgan fingerprint density at radius 1 is 0.606 bits per heavy atom. The summed E-state index contributed by atoms with van der Waals surface area (Å²) in [5.74, 6) is -5.45. The van der Waals surface area contributed by atoms with Crippen LogP contribution in [0.1, 0.15) is 11.5 Å². The van der Waals surface area contributed by atoms with Crippen molar-refractivity contribution in [2.24, 2.45) is 0 Å². The van der Waals surface area contributed by atoms with E-state index in [-0.39, 0.29) is 34.2 Å². The lowest BCUT2D eigenvalue weighted by atomic mass is 9.96. The largest absolute Gasteiger partial charge is 0.451 e. The second-order valence-electron chi connectivity index (χ2n) is 6.99. The molecule has 3 aromatic carbocycles. The average molecular weight is 472 g/mol. The molecule has 8 N–H and O–H groups in total. The third kappa shape index (κ3) is 5.27. The smallest absolute Gasteiger partial charge is 0.404 e. The summed E-state index contributed by atoms with van der Waals surface area (Å²) in [4.78, 5) is 0. The maximum absolute atomic E-state index is 13.5. The van der Waals surface area contributed by atoms with Crippen LogP contribution < -0.4 is 32.4 Å². The third-order valence-electron chi connectivity index (χ3n) is 4.47. The number of nitrogens with two attached hydrogens (primary N) is 4. The Labute approximate surface area is 183 Å². The molecule has 0 atom stereocenters. The normalized spacial score (nSPS) is 12.1. The van der Waals surface area contributed by atoms with Crippen molar-refractivity contribution in [2.45, 2.75) is 18.3 Å². The van der Waals surface area contributed by atoms with E-state index in [2.05, 4.69) is 0 Å². The molecule has 0 aliphatic carbocycles. The molecule has 0 spiro atoms. The van der Waals surface area contributed by atoms with Gasteiger partial charge in [0.1, 0.15) is 0 Å². The fourth-order valence-electron chi connectivity index (χ4n) is 3.04. The number of halogens is 6. The number of anilines is 4. The van der Waals surface area contributed by atoms with Crippen LogP contribution in [0.2, 0.25) is 0 Å². The lowest BCUT2D eigenvalue weighted by molar-refractivity contribution is -0.253. The highest BCUT2D eigenvalue weighted by atomic mass is 19.4. The molecule has 0 unspecified atom stereocenters. The van der Waals surface area contributed by atoms with Crippen molar-refractivity contribution in [3.8, 4) is 23.0 Å². The Balaban J connectivity index is 2.21. The molecular weight excluding hydrogens is 454 g/mol. The first kappa shape index (κ1) is 23.7. The van der Waals surface area contributed by atoms with Gasteiger partial charge in [-0.1, -0.05) is 12.1 Å². The molecule has 0 aliphatic heterocycles. The Kier molecular flexibility index (Phi) is 6.12. The fourth-order valence-corrected chi connectivity index (χ4v) is 3.04. The van der Waals surface area contributed by atoms with Crippen molar-refractivity contribution in [1.82, 2.24) is 0 Å². The predicted octanol–water partition coefficient (Wildman–Crippen LogP) is 5.81. The highest BCUT2D eigenvalue weighted by Gasteiger charge is 2.58. The van der Waals surface area contributed by atoms with E-state index in [0.717, 1.165) is 12.1 Å². The highest BCUT2D eigenvalue weighted by molar-refractivity contribution is 5.65. The van der Waals surface area contributed by atoms with E-state index in [4.69, 9.17) is 32.4 Å². The molecule has 3 aromatic rings. The molecule has 0 aliphatic rings. The molecule has 0 bridgehead atoms. The SMILES string of the molecule is Nc1ccc(Oc2cccc(C(C(F)(F)F)C(F)(F)F)c2Oc2ccc(N)cc2N)c(N)c1. The summed E-state index contributed by atoms with van der Waals surface area (Å²) in [6, 6.07) is 10.5. The van der Waals surface area contributed by atoms with Gasteiger partial charge < -0.3 is 32.4 Å². The molecule has 0 radical (unpaired) electrons. The Bertz CT molecular complexity index is 1150. The van der Waals surface area contributed by atoms with Crippen LogP contribution in [-0.4, -0.2) is 12.4 Å². The molecule has 0 heterocycles. The summed E-state index contributed by atoms with van der Waals surface area (Å²) in [6.07, 6.45) is -11.4. The van der Waals surface area contributed by atoms with Gasteiger partial charge >= 0.3 is 12.4 Å². The molecule has 0 fully saturated rings. The number of rotatable bonds is 5. The van der Waals surface area contributed by atoms with Crippen molar-refractivity contribution < 1.29 is 35.8 Å². The summed E-state index contributed by atoms with van der Waals surface area (Å²) in [5, 5.41) is 0. The number of ether oxygens (including phenoxy) is 2. The van der Waals surface area contributed by atoms with E-state index >= 15 is 0 Å². The van der Waals surface area contributed by atoms with E-state index in [9.17, 15) is 26.3 Å². The quantitative estimate of drug-likeness (QED) is 0.275. The van der Waals surface area contributed by atoms with Crippen LogP contribution in [0.4, 0.5) is 49.1 Å². The van der Waals surface area contributed by atoms with Crippen LogP contribution in [-0.2, 0) is 0 Å². The van der Waals surface area contributed by atoms with Crippen LogP contribution >= 0.6 is 0 Å². The lowest BCUT2D eigenvalue weighted by Crippen LogP contribution is -2.34. The van der Waals surface area contributed by atoms with E-state index in [0.29, 0.717) is 6.07 Å². The van der Waals surface area contributed by atoms with Gasteiger partial charge in [-0.25, -0.2) is 0 Å². The van der Waals surface area contributed by atoms with Gasteiger partial charge in [0.2, 0.25) is 0 Å². The van der Waals surface area contributed by atoms with Crippen LogP contribution in [0.5, 0.6) is 23.0 Å². The summed E-state index contributed by atoms with van der Waals surface area (Å²) in [6.45, 7) is 0. The molecule has 0 aromatic heterocycles. The van der Waals surface area contributed by atoms with Gasteiger partial charge in [-0.3, -0.25) is 0 Å². The molecule has 12 heteroatoms. The van der Waals surface area contributed by atoms with Crippen molar-refractivity contribution >= 4 is 22.7 Å². The van der Waals surface area contributed by atoms with Gasteiger partial charge in [0.15, 0.2) is 28.9 Å². The standard InChI is InChI=1S/C21H18F6N4O2/c22-20(23,24)19(21(25,26)27)12-2-1-3-17(32-15-6-4-10(28)8-13(15)30)18(12)33-16-7-5-11(29)9-14(16)31/h1-9,19H,28-31H2. The molecule has 0 amide bonds. The van der Waals surface area contributed by atoms with E-state index in [1.54, 1.807) is 0 Å². The van der Waals surface area contributed by atoms with Gasteiger partial charge in [0.05, 0.1) is 11.4 Å². The zero-order valence-electron chi connectivity index (χ0n) is 16.7. The second kappa shape index (κ2) is 8.52. The van der Waals surface area contributed by atoms with Crippen LogP contribution in [0, 0.1) is 0 Å². The second-order valence-corrected chi connectivity index (χ2v) is 6.99. The fraction of sp³-hybridized carbons (Fsp3) is 0.143. The first-order valence-electron chi connectivity index (χ1n) is 9.19. The van der Waals surface area contributed by atoms with E-state index in [1.165, 1.54) is 36.4 Å². The number of benzene rings is 3. The molecule has 176 valence electrons. The number of nitrogen functional groups attached to an aromatic ring is 4. The van der Waals surface area contributed by atoms with Crippen LogP contribution in [0.3, 0.4) is 0 Å². The topological polar surface area (TPSA) is 123 Å². The van der Waals surface area contributed by atoms with Gasteiger partial charge in [0.25, 0.3) is 0 Å². The molecule has 3 rings (SSSR count). The molecule has 6 nitrogen and oxygen atoms in total. The van der Waals surface area contributed by atoms with Gasteiger partial charge in [-0.05, 0) is 42.5 Å². The number of alkyl halides is 6. The third-order valence-corrected chi connectivity index (χ3v) is 4.47. The van der Waals surface area contributed by atoms with Gasteiger partial charge in [0, 0.05) is 16.9 Å². The maximum Gasteiger partial charge on any atom is 0.404 e. The Morgan fingerprint density at radius 2 is 1.09 bits per heavy atom. The summed E-state index contributed by atoms with van der Waals surface area (Å²) in [7, 11) is 0. The summed E-state index contributed by atoms with van der Waals surface area (Å²) < 4.78 is 92.2. The lowest BCUT2D eigenvalue weighted by Gasteiger charge is -2.26. The summed E-state index contributed by atoms with van der Waals surface area (Å²) in [5.41, 5.74) is 21.9. The Hall–Kier alpha value is -3.96. The van der Waals surface area contributed by atoms with E-state index < -0.39 is 35.3 Å². The van der Waals surface area contributed by atoms with Crippen molar-refractivity contribution in [3.05, 3.63) is 60.2 Å². The molecule has 0 saturated heterocycles. The monoisotopic (exact) mass is 472 g/mol. The molecule has 0 saturated carbocycles. The van der Waals surface area contributed by atoms with Crippen molar-refractivity contribution in [2.75, 3.05) is 22.9 Å². The zero-order chi connectivity index (χ0) is 24.6. The maximum atomic E-state index is 13.5. The first-order chi connectivity index (χ1) is 15.3. The number of hydrogen-bond acceptors (Lipinski definition) is 6. The van der Waals surface area contributed by atoms with Crippen LogP contribution in [0.15, 0.2) is 54.6 Å². The van der Waals surface area contributed by atoms with Gasteiger partial charge in [-0.2, -0.15) is 26.3 Å². The number of para-hydroxylation sites is 1. The minimum absolute atomic E-state index is 0.00143. The Morgan fingerprint density at radius 3 is 1.55 bits per heavy atom. The molecule has 33 heavy (non-hydrogen) atoms. The number of hydrogen-bond donors (Lipinski definition) is 4. The molecular formula is C21H18F6N4O2. The van der Waals surface area contributed by atoms with Crippen molar-refractivity contribution in [3.63, 3.8) is 0 Å². The van der Waals surface area contributed by atoms with Crippen LogP contribution in [0.25, 0.3) is 0 Å². The minimum atomic E-state index is -5.68. The van der Waals surface area contributed by atoms with Crippen molar-refractivity contribution in [1.29, 1.82) is 0 Å². The predicted molar refractivity (Wildman–Crippen MR) is 112 cm³/mol. The minimum Gasteiger partial charge on any atom is -0.451 e.